The maximum Gasteiger partial charge on any atom is 0.200 e. The van der Waals surface area contributed by atoms with Crippen molar-refractivity contribution in [2.45, 2.75) is 64.7 Å². The van der Waals surface area contributed by atoms with Gasteiger partial charge in [0.15, 0.2) is 23.2 Å². The molecule has 0 unspecified atom stereocenters. The lowest BCUT2D eigenvalue weighted by Gasteiger charge is -2.27. The predicted molar refractivity (Wildman–Crippen MR) is 115 cm³/mol. The molecule has 1 aliphatic rings. The first-order valence-corrected chi connectivity index (χ1v) is 11.2. The molecule has 0 atom stereocenters. The van der Waals surface area contributed by atoms with Gasteiger partial charge in [-0.2, -0.15) is 4.39 Å². The first kappa shape index (κ1) is 23.4. The molecule has 2 aromatic rings. The van der Waals surface area contributed by atoms with Crippen molar-refractivity contribution in [3.8, 4) is 5.75 Å². The topological polar surface area (TPSA) is 9.23 Å². The third-order valence-corrected chi connectivity index (χ3v) is 6.20. The van der Waals surface area contributed by atoms with Crippen molar-refractivity contribution in [3.05, 3.63) is 76.4 Å². The lowest BCUT2D eigenvalue weighted by Crippen LogP contribution is -2.14. The van der Waals surface area contributed by atoms with Crippen LogP contribution in [0.4, 0.5) is 17.6 Å². The van der Waals surface area contributed by atoms with Crippen molar-refractivity contribution in [1.29, 1.82) is 0 Å². The number of benzene rings is 2. The number of rotatable bonds is 8. The molecule has 0 bridgehead atoms. The van der Waals surface area contributed by atoms with Gasteiger partial charge in [0.2, 0.25) is 5.82 Å². The molecule has 31 heavy (non-hydrogen) atoms. The second-order valence-electron chi connectivity index (χ2n) is 8.16. The van der Waals surface area contributed by atoms with E-state index in [0.717, 1.165) is 25.7 Å². The molecule has 0 spiro atoms. The zero-order valence-electron chi connectivity index (χ0n) is 18.2. The number of allylic oxidation sites excluding steroid dienone is 2. The van der Waals surface area contributed by atoms with Gasteiger partial charge >= 0.3 is 0 Å². The molecule has 1 saturated carbocycles. The van der Waals surface area contributed by atoms with Gasteiger partial charge in [0, 0.05) is 0 Å². The fourth-order valence-electron chi connectivity index (χ4n) is 4.37. The summed E-state index contributed by atoms with van der Waals surface area (Å²) in [5.74, 6) is -2.81. The first-order valence-electron chi connectivity index (χ1n) is 11.2. The van der Waals surface area contributed by atoms with E-state index in [1.807, 2.05) is 13.0 Å². The average molecular weight is 435 g/mol. The van der Waals surface area contributed by atoms with Crippen LogP contribution in [0.2, 0.25) is 0 Å². The standard InChI is InChI=1S/C26H30F4O/c1-3-18-13-15-21(25(29)23(18)27)19-11-9-17(10-12-19)7-5-6-8-20-14-16-22(31-4-2)26(30)24(20)28/h5,7,13-17,19H,3-4,6,8-12H2,1-2H3. The van der Waals surface area contributed by atoms with E-state index in [1.54, 1.807) is 25.1 Å². The van der Waals surface area contributed by atoms with Crippen LogP contribution >= 0.6 is 0 Å². The summed E-state index contributed by atoms with van der Waals surface area (Å²) < 4.78 is 61.7. The Bertz CT molecular complexity index is 914. The van der Waals surface area contributed by atoms with Crippen LogP contribution in [0.25, 0.3) is 0 Å². The molecule has 168 valence electrons. The Morgan fingerprint density at radius 3 is 2.19 bits per heavy atom. The normalized spacial score (nSPS) is 19.2. The Hall–Kier alpha value is -2.30. The van der Waals surface area contributed by atoms with Gasteiger partial charge in [-0.05, 0) is 86.5 Å². The molecule has 3 rings (SSSR count). The Balaban J connectivity index is 1.50. The van der Waals surface area contributed by atoms with E-state index in [4.69, 9.17) is 4.74 Å². The molecule has 0 radical (unpaired) electrons. The van der Waals surface area contributed by atoms with Gasteiger partial charge in [0.1, 0.15) is 0 Å². The number of hydrogen-bond donors (Lipinski definition) is 0. The van der Waals surface area contributed by atoms with Crippen molar-refractivity contribution in [2.75, 3.05) is 6.61 Å². The monoisotopic (exact) mass is 434 g/mol. The summed E-state index contributed by atoms with van der Waals surface area (Å²) in [6, 6.07) is 6.47. The highest BCUT2D eigenvalue weighted by Gasteiger charge is 2.25. The summed E-state index contributed by atoms with van der Waals surface area (Å²) in [4.78, 5) is 0. The molecule has 1 fully saturated rings. The maximum atomic E-state index is 14.4. The van der Waals surface area contributed by atoms with Crippen LogP contribution in [-0.4, -0.2) is 6.61 Å². The molecule has 0 heterocycles. The molecule has 2 aromatic carbocycles. The summed E-state index contributed by atoms with van der Waals surface area (Å²) in [7, 11) is 0. The van der Waals surface area contributed by atoms with Crippen molar-refractivity contribution in [2.24, 2.45) is 5.92 Å². The molecule has 1 nitrogen and oxygen atoms in total. The highest BCUT2D eigenvalue weighted by atomic mass is 19.2. The molecule has 1 aliphatic carbocycles. The fraction of sp³-hybridized carbons (Fsp3) is 0.462. The minimum atomic E-state index is -0.933. The van der Waals surface area contributed by atoms with Gasteiger partial charge in [-0.1, -0.05) is 37.3 Å². The lowest BCUT2D eigenvalue weighted by molar-refractivity contribution is 0.313. The second kappa shape index (κ2) is 10.8. The van der Waals surface area contributed by atoms with Crippen LogP contribution in [0.3, 0.4) is 0 Å². The van der Waals surface area contributed by atoms with E-state index in [-0.39, 0.29) is 18.3 Å². The summed E-state index contributed by atoms with van der Waals surface area (Å²) in [5.41, 5.74) is 1.24. The van der Waals surface area contributed by atoms with E-state index in [1.165, 1.54) is 6.07 Å². The number of aryl methyl sites for hydroxylation is 2. The van der Waals surface area contributed by atoms with Crippen LogP contribution in [0.15, 0.2) is 36.4 Å². The van der Waals surface area contributed by atoms with Gasteiger partial charge in [0.05, 0.1) is 6.61 Å². The maximum absolute atomic E-state index is 14.4. The van der Waals surface area contributed by atoms with E-state index >= 15 is 0 Å². The molecule has 5 heteroatoms. The summed E-state index contributed by atoms with van der Waals surface area (Å²) in [5, 5.41) is 0. The Morgan fingerprint density at radius 2 is 1.52 bits per heavy atom. The lowest BCUT2D eigenvalue weighted by atomic mass is 9.78. The average Bonchev–Trinajstić information content (AvgIpc) is 2.78. The molecule has 0 aliphatic heterocycles. The quantitative estimate of drug-likeness (QED) is 0.306. The summed E-state index contributed by atoms with van der Waals surface area (Å²) in [6.07, 6.45) is 9.08. The van der Waals surface area contributed by atoms with E-state index in [0.29, 0.717) is 41.9 Å². The van der Waals surface area contributed by atoms with Crippen molar-refractivity contribution < 1.29 is 22.3 Å². The minimum absolute atomic E-state index is 0.0472. The van der Waals surface area contributed by atoms with Gasteiger partial charge < -0.3 is 4.74 Å². The highest BCUT2D eigenvalue weighted by molar-refractivity contribution is 5.31. The van der Waals surface area contributed by atoms with Crippen LogP contribution in [0, 0.1) is 29.2 Å². The molecule has 0 saturated heterocycles. The van der Waals surface area contributed by atoms with Gasteiger partial charge in [-0.15, -0.1) is 0 Å². The smallest absolute Gasteiger partial charge is 0.200 e. The van der Waals surface area contributed by atoms with Crippen LogP contribution < -0.4 is 4.74 Å². The molecule has 0 N–H and O–H groups in total. The molecular weight excluding hydrogens is 404 g/mol. The van der Waals surface area contributed by atoms with Crippen LogP contribution in [0.5, 0.6) is 5.75 Å². The number of hydrogen-bond acceptors (Lipinski definition) is 1. The van der Waals surface area contributed by atoms with Gasteiger partial charge in [0.25, 0.3) is 0 Å². The molecule has 0 aromatic heterocycles. The highest BCUT2D eigenvalue weighted by Crippen LogP contribution is 2.38. The largest absolute Gasteiger partial charge is 0.491 e. The SMILES string of the molecule is CCOc1ccc(CCC=CC2CCC(c3ccc(CC)c(F)c3F)CC2)c(F)c1F. The Kier molecular flexibility index (Phi) is 8.16. The van der Waals surface area contributed by atoms with Crippen LogP contribution in [-0.2, 0) is 12.8 Å². The minimum Gasteiger partial charge on any atom is -0.491 e. The molecular formula is C26H30F4O. The van der Waals surface area contributed by atoms with Crippen molar-refractivity contribution in [3.63, 3.8) is 0 Å². The van der Waals surface area contributed by atoms with Crippen LogP contribution in [0.1, 0.15) is 68.6 Å². The van der Waals surface area contributed by atoms with Gasteiger partial charge in [-0.25, -0.2) is 13.2 Å². The van der Waals surface area contributed by atoms with Crippen molar-refractivity contribution >= 4 is 0 Å². The first-order chi connectivity index (χ1) is 15.0. The Morgan fingerprint density at radius 1 is 0.839 bits per heavy atom. The summed E-state index contributed by atoms with van der Waals surface area (Å²) in [6.45, 7) is 3.82. The molecule has 0 amide bonds. The zero-order chi connectivity index (χ0) is 22.4. The number of ether oxygens (including phenoxy) is 1. The van der Waals surface area contributed by atoms with Gasteiger partial charge in [-0.3, -0.25) is 0 Å². The van der Waals surface area contributed by atoms with Crippen molar-refractivity contribution in [1.82, 2.24) is 0 Å². The third-order valence-electron chi connectivity index (χ3n) is 6.20. The number of halogens is 4. The predicted octanol–water partition coefficient (Wildman–Crippen LogP) is 7.67. The second-order valence-corrected chi connectivity index (χ2v) is 8.16. The third kappa shape index (κ3) is 5.50. The van der Waals surface area contributed by atoms with E-state index in [2.05, 4.69) is 6.08 Å². The van der Waals surface area contributed by atoms with E-state index in [9.17, 15) is 17.6 Å². The fourth-order valence-corrected chi connectivity index (χ4v) is 4.37. The Labute approximate surface area is 182 Å². The zero-order valence-corrected chi connectivity index (χ0v) is 18.2. The summed E-state index contributed by atoms with van der Waals surface area (Å²) >= 11 is 0. The van der Waals surface area contributed by atoms with E-state index < -0.39 is 23.3 Å².